The molecule has 0 aliphatic carbocycles. The molecule has 0 bridgehead atoms. The van der Waals surface area contributed by atoms with Crippen LogP contribution in [0.3, 0.4) is 0 Å². The van der Waals surface area contributed by atoms with Gasteiger partial charge >= 0.3 is 6.18 Å². The zero-order valence-corrected chi connectivity index (χ0v) is 15.0. The summed E-state index contributed by atoms with van der Waals surface area (Å²) in [6.45, 7) is 0.245. The number of nitro benzene ring substituents is 1. The van der Waals surface area contributed by atoms with Gasteiger partial charge < -0.3 is 5.32 Å². The van der Waals surface area contributed by atoms with Crippen LogP contribution in [-0.4, -0.2) is 16.2 Å². The number of thioether (sulfide) groups is 1. The summed E-state index contributed by atoms with van der Waals surface area (Å²) >= 11 is 3.08. The highest BCUT2D eigenvalue weighted by Crippen LogP contribution is 2.35. The molecule has 0 amide bonds. The van der Waals surface area contributed by atoms with Crippen molar-refractivity contribution in [2.75, 3.05) is 11.6 Å². The molecule has 0 aliphatic rings. The Bertz CT molecular complexity index is 973. The van der Waals surface area contributed by atoms with E-state index >= 15 is 0 Å². The number of nitrogens with zero attached hydrogens (tertiary/aromatic N) is 2. The Balaban J connectivity index is 1.83. The first-order chi connectivity index (χ1) is 12.3. The average molecular weight is 399 g/mol. The van der Waals surface area contributed by atoms with Crippen molar-refractivity contribution in [3.63, 3.8) is 0 Å². The molecule has 5 nitrogen and oxygen atoms in total. The fourth-order valence-corrected chi connectivity index (χ4v) is 3.90. The second kappa shape index (κ2) is 7.12. The standard InChI is InChI=1S/C16H12F3N3O2S2/c1-25-15-21-12-4-2-9(6-14(12)26-15)8-20-11-5-3-10(16(17,18)19)7-13(11)22(23)24/h2-7,20H,8H2,1H3. The van der Waals surface area contributed by atoms with E-state index in [1.54, 1.807) is 11.8 Å². The molecular formula is C16H12F3N3O2S2. The van der Waals surface area contributed by atoms with Crippen LogP contribution < -0.4 is 5.32 Å². The Morgan fingerprint density at radius 3 is 2.69 bits per heavy atom. The van der Waals surface area contributed by atoms with Crippen LogP contribution >= 0.6 is 23.1 Å². The van der Waals surface area contributed by atoms with Gasteiger partial charge in [0.1, 0.15) is 5.69 Å². The maximum atomic E-state index is 12.7. The van der Waals surface area contributed by atoms with Crippen LogP contribution in [0.2, 0.25) is 0 Å². The Morgan fingerprint density at radius 2 is 2.04 bits per heavy atom. The van der Waals surface area contributed by atoms with E-state index in [4.69, 9.17) is 0 Å². The van der Waals surface area contributed by atoms with Gasteiger partial charge in [-0.1, -0.05) is 17.8 Å². The minimum Gasteiger partial charge on any atom is -0.375 e. The van der Waals surface area contributed by atoms with E-state index in [-0.39, 0.29) is 12.2 Å². The number of aromatic nitrogens is 1. The molecule has 0 saturated carbocycles. The van der Waals surface area contributed by atoms with Gasteiger partial charge in [0.05, 0.1) is 20.7 Å². The summed E-state index contributed by atoms with van der Waals surface area (Å²) in [6.07, 6.45) is -2.70. The van der Waals surface area contributed by atoms with Crippen LogP contribution in [0.5, 0.6) is 0 Å². The lowest BCUT2D eigenvalue weighted by Crippen LogP contribution is -2.08. The molecular weight excluding hydrogens is 387 g/mol. The number of alkyl halides is 3. The van der Waals surface area contributed by atoms with E-state index in [9.17, 15) is 23.3 Å². The molecule has 1 aromatic heterocycles. The minimum absolute atomic E-state index is 0.0391. The predicted molar refractivity (Wildman–Crippen MR) is 96.8 cm³/mol. The van der Waals surface area contributed by atoms with E-state index in [2.05, 4.69) is 10.3 Å². The molecule has 0 spiro atoms. The lowest BCUT2D eigenvalue weighted by molar-refractivity contribution is -0.384. The first kappa shape index (κ1) is 18.5. The number of anilines is 1. The first-order valence-corrected chi connectivity index (χ1v) is 9.35. The van der Waals surface area contributed by atoms with E-state index < -0.39 is 22.4 Å². The Kier molecular flexibility index (Phi) is 5.05. The van der Waals surface area contributed by atoms with Gasteiger partial charge in [-0.15, -0.1) is 11.3 Å². The monoisotopic (exact) mass is 399 g/mol. The third-order valence-corrected chi connectivity index (χ3v) is 5.62. The number of halogens is 3. The zero-order chi connectivity index (χ0) is 18.9. The molecule has 136 valence electrons. The minimum atomic E-state index is -4.63. The lowest BCUT2D eigenvalue weighted by Gasteiger charge is -2.10. The number of rotatable bonds is 5. The second-order valence-electron chi connectivity index (χ2n) is 5.33. The summed E-state index contributed by atoms with van der Waals surface area (Å²) < 4.78 is 40.1. The summed E-state index contributed by atoms with van der Waals surface area (Å²) in [5, 5.41) is 14.0. The molecule has 0 fully saturated rings. The van der Waals surface area contributed by atoms with Gasteiger partial charge in [0, 0.05) is 12.6 Å². The van der Waals surface area contributed by atoms with Crippen molar-refractivity contribution in [3.05, 3.63) is 57.6 Å². The average Bonchev–Trinajstić information content (AvgIpc) is 3.01. The summed E-state index contributed by atoms with van der Waals surface area (Å²) in [6, 6.07) is 8.04. The summed E-state index contributed by atoms with van der Waals surface area (Å²) in [5.41, 5.74) is 0.0950. The van der Waals surface area contributed by atoms with Gasteiger partial charge in [-0.3, -0.25) is 10.1 Å². The third kappa shape index (κ3) is 3.91. The molecule has 0 radical (unpaired) electrons. The molecule has 1 heterocycles. The highest BCUT2D eigenvalue weighted by atomic mass is 32.2. The molecule has 0 atom stereocenters. The largest absolute Gasteiger partial charge is 0.416 e. The van der Waals surface area contributed by atoms with Crippen molar-refractivity contribution in [1.29, 1.82) is 0 Å². The number of fused-ring (bicyclic) bond motifs is 1. The highest BCUT2D eigenvalue weighted by Gasteiger charge is 2.33. The van der Waals surface area contributed by atoms with Crippen LogP contribution in [0.1, 0.15) is 11.1 Å². The Labute approximate surface area is 154 Å². The number of nitrogens with one attached hydrogen (secondary N) is 1. The quantitative estimate of drug-likeness (QED) is 0.346. The molecule has 0 unspecified atom stereocenters. The number of hydrogen-bond acceptors (Lipinski definition) is 6. The van der Waals surface area contributed by atoms with Crippen molar-refractivity contribution < 1.29 is 18.1 Å². The number of benzene rings is 2. The SMILES string of the molecule is CSc1nc2ccc(CNc3ccc(C(F)(F)F)cc3[N+](=O)[O-])cc2s1. The van der Waals surface area contributed by atoms with Crippen molar-refractivity contribution in [1.82, 2.24) is 4.98 Å². The number of thiazole rings is 1. The van der Waals surface area contributed by atoms with Gasteiger partial charge in [-0.2, -0.15) is 13.2 Å². The van der Waals surface area contributed by atoms with E-state index in [1.807, 2.05) is 24.5 Å². The van der Waals surface area contributed by atoms with Crippen LogP contribution in [0, 0.1) is 10.1 Å². The van der Waals surface area contributed by atoms with Gasteiger partial charge in [-0.05, 0) is 36.1 Å². The predicted octanol–water partition coefficient (Wildman–Crippen LogP) is 5.56. The van der Waals surface area contributed by atoms with Gasteiger partial charge in [0.25, 0.3) is 5.69 Å². The Hall–Kier alpha value is -2.33. The van der Waals surface area contributed by atoms with Crippen LogP contribution in [0.4, 0.5) is 24.5 Å². The van der Waals surface area contributed by atoms with Crippen molar-refractivity contribution >= 4 is 44.7 Å². The van der Waals surface area contributed by atoms with Crippen LogP contribution in [0.15, 0.2) is 40.7 Å². The molecule has 2 aromatic carbocycles. The van der Waals surface area contributed by atoms with Crippen LogP contribution in [0.25, 0.3) is 10.2 Å². The molecule has 3 aromatic rings. The number of nitro groups is 1. The fraction of sp³-hybridized carbons (Fsp3) is 0.188. The van der Waals surface area contributed by atoms with Gasteiger partial charge in [0.2, 0.25) is 0 Å². The lowest BCUT2D eigenvalue weighted by atomic mass is 10.1. The second-order valence-corrected chi connectivity index (χ2v) is 7.41. The number of hydrogen-bond donors (Lipinski definition) is 1. The van der Waals surface area contributed by atoms with Crippen LogP contribution in [-0.2, 0) is 12.7 Å². The Morgan fingerprint density at radius 1 is 1.27 bits per heavy atom. The molecule has 3 rings (SSSR count). The summed E-state index contributed by atoms with van der Waals surface area (Å²) in [7, 11) is 0. The molecule has 1 N–H and O–H groups in total. The van der Waals surface area contributed by atoms with Crippen molar-refractivity contribution in [3.8, 4) is 0 Å². The molecule has 10 heteroatoms. The van der Waals surface area contributed by atoms with E-state index in [0.717, 1.165) is 32.3 Å². The summed E-state index contributed by atoms with van der Waals surface area (Å²) in [5.74, 6) is 0. The topological polar surface area (TPSA) is 68.1 Å². The van der Waals surface area contributed by atoms with E-state index in [1.165, 1.54) is 11.3 Å². The fourth-order valence-electron chi connectivity index (χ4n) is 2.35. The maximum Gasteiger partial charge on any atom is 0.416 e. The molecule has 0 aliphatic heterocycles. The van der Waals surface area contributed by atoms with E-state index in [0.29, 0.717) is 6.07 Å². The molecule has 0 saturated heterocycles. The molecule has 26 heavy (non-hydrogen) atoms. The van der Waals surface area contributed by atoms with Crippen molar-refractivity contribution in [2.24, 2.45) is 0 Å². The first-order valence-electron chi connectivity index (χ1n) is 7.31. The zero-order valence-electron chi connectivity index (χ0n) is 13.3. The van der Waals surface area contributed by atoms with Crippen molar-refractivity contribution in [2.45, 2.75) is 17.1 Å². The normalized spacial score (nSPS) is 11.7. The van der Waals surface area contributed by atoms with Gasteiger partial charge in [-0.25, -0.2) is 4.98 Å². The smallest absolute Gasteiger partial charge is 0.375 e. The highest BCUT2D eigenvalue weighted by molar-refractivity contribution is 8.00. The third-order valence-electron chi connectivity index (χ3n) is 3.61. The summed E-state index contributed by atoms with van der Waals surface area (Å²) in [4.78, 5) is 14.7. The van der Waals surface area contributed by atoms with Gasteiger partial charge in [0.15, 0.2) is 4.34 Å². The maximum absolute atomic E-state index is 12.7.